The number of amides is 4. The number of hydrogen-bond acceptors (Lipinski definition) is 10. The Morgan fingerprint density at radius 3 is 2.59 bits per heavy atom. The van der Waals surface area contributed by atoms with Crippen LogP contribution in [0.1, 0.15) is 64.3 Å². The lowest BCUT2D eigenvalue weighted by molar-refractivity contribution is -0.155. The number of cyclic esters (lactones) is 1. The monoisotopic (exact) mass is 863 g/mol. The summed E-state index contributed by atoms with van der Waals surface area (Å²) in [5.41, 5.74) is 9.44. The lowest BCUT2D eigenvalue weighted by Crippen LogP contribution is -2.62. The number of likely N-dealkylation sites (N-methyl/N-ethyl adjacent to an activating group) is 2. The Morgan fingerprint density at radius 1 is 1.13 bits per heavy atom. The van der Waals surface area contributed by atoms with Crippen LogP contribution in [0.4, 0.5) is 0 Å². The quantitative estimate of drug-likeness (QED) is 0.137. The Hall–Kier alpha value is -6.06. The Balaban J connectivity index is 1.47. The molecule has 2 aliphatic rings. The summed E-state index contributed by atoms with van der Waals surface area (Å²) < 4.78 is 13.9. The maximum absolute atomic E-state index is 14.6. The van der Waals surface area contributed by atoms with E-state index in [0.717, 1.165) is 45.1 Å². The number of carbonyl (C=O) groups excluding carboxylic acids is 5. The van der Waals surface area contributed by atoms with Crippen molar-refractivity contribution >= 4 is 40.5 Å². The van der Waals surface area contributed by atoms with Crippen LogP contribution in [0.5, 0.6) is 5.75 Å². The molecule has 0 radical (unpaired) electrons. The van der Waals surface area contributed by atoms with Gasteiger partial charge in [0.2, 0.25) is 17.7 Å². The number of pyridine rings is 1. The van der Waals surface area contributed by atoms with E-state index < -0.39 is 53.1 Å². The number of benzene rings is 2. The second kappa shape index (κ2) is 19.5. The maximum Gasteiger partial charge on any atom is 0.324 e. The number of aromatic hydroxyl groups is 1. The van der Waals surface area contributed by atoms with E-state index >= 15 is 0 Å². The van der Waals surface area contributed by atoms with E-state index in [2.05, 4.69) is 60.9 Å². The Kier molecular flexibility index (Phi) is 14.4. The third-order valence-corrected chi connectivity index (χ3v) is 11.9. The summed E-state index contributed by atoms with van der Waals surface area (Å²) in [6, 6.07) is 12.3. The average Bonchev–Trinajstić information content (AvgIpc) is 3.55. The topological polar surface area (TPSA) is 176 Å². The first-order valence-electron chi connectivity index (χ1n) is 21.6. The fourth-order valence-electron chi connectivity index (χ4n) is 8.80. The number of phenols is 1. The molecule has 2 aliphatic heterocycles. The van der Waals surface area contributed by atoms with Crippen molar-refractivity contribution in [3.63, 3.8) is 0 Å². The van der Waals surface area contributed by atoms with E-state index in [-0.39, 0.29) is 37.8 Å². The van der Waals surface area contributed by atoms with Crippen LogP contribution in [-0.2, 0) is 59.4 Å². The fraction of sp³-hybridized carbons (Fsp3) is 0.458. The number of nitrogens with one attached hydrogen (secondary N) is 2. The summed E-state index contributed by atoms with van der Waals surface area (Å²) in [4.78, 5) is 75.5. The molecule has 2 aromatic carbocycles. The minimum absolute atomic E-state index is 0.0234. The predicted octanol–water partition coefficient (Wildman–Crippen LogP) is 5.02. The van der Waals surface area contributed by atoms with Crippen molar-refractivity contribution in [3.05, 3.63) is 84.2 Å². The second-order valence-corrected chi connectivity index (χ2v) is 17.7. The molecule has 0 aliphatic carbocycles. The lowest BCUT2D eigenvalue weighted by Gasteiger charge is -2.37. The van der Waals surface area contributed by atoms with Crippen LogP contribution in [-0.4, -0.2) is 118 Å². The molecule has 3 N–H and O–H groups in total. The van der Waals surface area contributed by atoms with E-state index in [4.69, 9.17) is 14.5 Å². The summed E-state index contributed by atoms with van der Waals surface area (Å²) in [5.74, 6) is -2.90. The Bertz CT molecular complexity index is 2390. The largest absolute Gasteiger partial charge is 0.508 e. The molecule has 15 heteroatoms. The van der Waals surface area contributed by atoms with Crippen LogP contribution >= 0.6 is 0 Å². The molecule has 2 aromatic heterocycles. The van der Waals surface area contributed by atoms with Gasteiger partial charge in [0.1, 0.15) is 23.9 Å². The number of phenolic OH excluding ortho intramolecular Hbond substituents is 1. The zero-order chi connectivity index (χ0) is 45.7. The number of methoxy groups -OCH3 is 1. The molecular formula is C48H61N7O8. The van der Waals surface area contributed by atoms with E-state index in [1.807, 2.05) is 18.2 Å². The first-order chi connectivity index (χ1) is 30.0. The molecule has 336 valence electrons. The lowest BCUT2D eigenvalue weighted by atomic mass is 9.84. The molecule has 1 unspecified atom stereocenters. The number of hydrogen-bond donors (Lipinski definition) is 3. The Labute approximate surface area is 369 Å². The van der Waals surface area contributed by atoms with Gasteiger partial charge in [-0.25, -0.2) is 5.43 Å². The smallest absolute Gasteiger partial charge is 0.324 e. The van der Waals surface area contributed by atoms with Gasteiger partial charge in [-0.3, -0.25) is 34.0 Å². The molecule has 4 amide bonds. The van der Waals surface area contributed by atoms with Crippen molar-refractivity contribution in [2.45, 2.75) is 91.6 Å². The molecular weight excluding hydrogens is 803 g/mol. The highest BCUT2D eigenvalue weighted by atomic mass is 16.5. The fourth-order valence-corrected chi connectivity index (χ4v) is 8.80. The van der Waals surface area contributed by atoms with Gasteiger partial charge < -0.3 is 34.3 Å². The first kappa shape index (κ1) is 46.4. The summed E-state index contributed by atoms with van der Waals surface area (Å²) in [6.45, 7) is 14.4. The number of carbonyl (C=O) groups is 5. The average molecular weight is 864 g/mol. The molecule has 63 heavy (non-hydrogen) atoms. The van der Waals surface area contributed by atoms with Gasteiger partial charge >= 0.3 is 5.97 Å². The highest BCUT2D eigenvalue weighted by Gasteiger charge is 2.38. The van der Waals surface area contributed by atoms with Gasteiger partial charge in [-0.2, -0.15) is 0 Å². The minimum Gasteiger partial charge on any atom is -0.508 e. The maximum atomic E-state index is 14.6. The predicted molar refractivity (Wildman–Crippen MR) is 240 cm³/mol. The van der Waals surface area contributed by atoms with Gasteiger partial charge in [0.15, 0.2) is 0 Å². The summed E-state index contributed by atoms with van der Waals surface area (Å²) >= 11 is 0. The number of fused-ring (bicyclic) bond motifs is 6. The summed E-state index contributed by atoms with van der Waals surface area (Å²) in [5, 5.41) is 16.5. The molecule has 4 heterocycles. The van der Waals surface area contributed by atoms with Crippen LogP contribution in [0.2, 0.25) is 0 Å². The Morgan fingerprint density at radius 2 is 1.89 bits per heavy atom. The SMILES string of the molecule is C=CC(=O)N(C)CC(=O)N(C)C(C(=O)N[C@H]1Cc2cc(O)cc(c2)-c2ccc3c(c2)c(c(-c2cccnc2COC)n3CC)CC(C)(C)COC(=O)[C@@H]2CCCN(N2)C1=O)C(C)C. The molecule has 3 atom stereocenters. The third-order valence-electron chi connectivity index (χ3n) is 11.9. The van der Waals surface area contributed by atoms with E-state index in [1.165, 1.54) is 28.9 Å². The molecule has 0 spiro atoms. The van der Waals surface area contributed by atoms with Crippen LogP contribution in [0.3, 0.4) is 0 Å². The molecule has 1 fully saturated rings. The van der Waals surface area contributed by atoms with Crippen molar-refractivity contribution in [3.8, 4) is 28.1 Å². The van der Waals surface area contributed by atoms with Crippen molar-refractivity contribution in [1.29, 1.82) is 0 Å². The first-order valence-corrected chi connectivity index (χ1v) is 21.6. The number of rotatable bonds is 11. The third kappa shape index (κ3) is 10.3. The molecule has 6 bridgehead atoms. The van der Waals surface area contributed by atoms with Crippen molar-refractivity contribution < 1.29 is 38.6 Å². The van der Waals surface area contributed by atoms with Crippen molar-refractivity contribution in [2.75, 3.05) is 40.9 Å². The van der Waals surface area contributed by atoms with Crippen LogP contribution in [0.15, 0.2) is 67.4 Å². The number of nitrogens with zero attached hydrogens (tertiary/aromatic N) is 5. The number of aryl methyl sites for hydroxylation is 1. The zero-order valence-electron chi connectivity index (χ0n) is 37.7. The van der Waals surface area contributed by atoms with E-state index in [9.17, 15) is 29.1 Å². The van der Waals surface area contributed by atoms with Gasteiger partial charge in [0.05, 0.1) is 31.1 Å². The van der Waals surface area contributed by atoms with Gasteiger partial charge in [0, 0.05) is 68.8 Å². The highest BCUT2D eigenvalue weighted by Crippen LogP contribution is 2.41. The second-order valence-electron chi connectivity index (χ2n) is 17.7. The molecule has 0 saturated carbocycles. The number of aromatic nitrogens is 2. The number of esters is 1. The normalized spacial score (nSPS) is 18.3. The van der Waals surface area contributed by atoms with Crippen LogP contribution in [0.25, 0.3) is 33.3 Å². The minimum atomic E-state index is -1.18. The standard InChI is InChI=1S/C48H61N7O8/c1-10-41(57)52(7)26-42(58)53(8)43(29(3)4)45(59)50-38-22-30-20-32(23-33(56)21-30)31-16-17-40-35(24-31)36(44(54(40)11-2)34-14-12-18-49-39(34)27-62-9)25-48(5,6)28-63-47(61)37-15-13-19-55(51-37)46(38)60/h10,12,14,16-18,20-21,23-24,29,37-38,43,51,56H,1,11,13,15,19,22,25-28H2,2-9H3,(H,50,59)/t37-,38-,43?/m0/s1. The van der Waals surface area contributed by atoms with E-state index in [1.54, 1.807) is 39.3 Å². The van der Waals surface area contributed by atoms with Crippen LogP contribution < -0.4 is 10.7 Å². The molecule has 15 nitrogen and oxygen atoms in total. The molecule has 6 rings (SSSR count). The van der Waals surface area contributed by atoms with Gasteiger partial charge in [-0.1, -0.05) is 46.4 Å². The highest BCUT2D eigenvalue weighted by molar-refractivity contribution is 5.96. The van der Waals surface area contributed by atoms with Gasteiger partial charge in [-0.05, 0) is 96.8 Å². The van der Waals surface area contributed by atoms with Crippen LogP contribution in [0, 0.1) is 11.3 Å². The van der Waals surface area contributed by atoms with Gasteiger partial charge in [-0.15, -0.1) is 0 Å². The van der Waals surface area contributed by atoms with E-state index in [0.29, 0.717) is 43.5 Å². The van der Waals surface area contributed by atoms with Crippen molar-refractivity contribution in [1.82, 2.24) is 35.1 Å². The molecule has 4 aromatic rings. The number of ether oxygens (including phenoxy) is 2. The molecule has 1 saturated heterocycles. The summed E-state index contributed by atoms with van der Waals surface area (Å²) in [6.07, 6.45) is 4.31. The zero-order valence-corrected chi connectivity index (χ0v) is 37.7. The number of hydrazine groups is 1. The van der Waals surface area contributed by atoms with Crippen molar-refractivity contribution in [2.24, 2.45) is 11.3 Å². The summed E-state index contributed by atoms with van der Waals surface area (Å²) in [7, 11) is 4.61. The van der Waals surface area contributed by atoms with Gasteiger partial charge in [0.25, 0.3) is 5.91 Å².